The molecule has 0 unspecified atom stereocenters. The lowest BCUT2D eigenvalue weighted by molar-refractivity contribution is 0.443. The zero-order valence-electron chi connectivity index (χ0n) is 15.7. The van der Waals surface area contributed by atoms with Gasteiger partial charge >= 0.3 is 0 Å². The number of rotatable bonds is 1. The first kappa shape index (κ1) is 15.3. The summed E-state index contributed by atoms with van der Waals surface area (Å²) in [5.74, 6) is 0.703. The molecule has 0 radical (unpaired) electrons. The van der Waals surface area contributed by atoms with Crippen LogP contribution in [0.3, 0.4) is 0 Å². The molecule has 0 spiro atoms. The minimum Gasteiger partial charge on any atom is -0.456 e. The second-order valence-corrected chi connectivity index (χ2v) is 8.10. The van der Waals surface area contributed by atoms with Crippen molar-refractivity contribution in [2.75, 3.05) is 0 Å². The van der Waals surface area contributed by atoms with Gasteiger partial charge in [-0.1, -0.05) is 49.6 Å². The van der Waals surface area contributed by atoms with Crippen molar-refractivity contribution in [1.82, 2.24) is 4.57 Å². The van der Waals surface area contributed by atoms with Gasteiger partial charge in [0.2, 0.25) is 0 Å². The van der Waals surface area contributed by atoms with E-state index in [1.807, 2.05) is 0 Å². The lowest BCUT2D eigenvalue weighted by Crippen LogP contribution is -2.03. The summed E-state index contributed by atoms with van der Waals surface area (Å²) in [6.45, 7) is 0. The number of hydrogen-bond donors (Lipinski definition) is 0. The lowest BCUT2D eigenvalue weighted by atomic mass is 9.84. The van der Waals surface area contributed by atoms with E-state index in [1.54, 1.807) is 0 Å². The van der Waals surface area contributed by atoms with Gasteiger partial charge in [-0.3, -0.25) is 0 Å². The summed E-state index contributed by atoms with van der Waals surface area (Å²) in [6, 6.07) is 19.9. The molecule has 0 aliphatic heterocycles. The van der Waals surface area contributed by atoms with Gasteiger partial charge in [-0.25, -0.2) is 0 Å². The van der Waals surface area contributed by atoms with Gasteiger partial charge in [0.15, 0.2) is 0 Å². The predicted molar refractivity (Wildman–Crippen MR) is 114 cm³/mol. The van der Waals surface area contributed by atoms with E-state index in [2.05, 4.69) is 66.2 Å². The van der Waals surface area contributed by atoms with Crippen molar-refractivity contribution < 1.29 is 4.42 Å². The third-order valence-electron chi connectivity index (χ3n) is 6.60. The van der Waals surface area contributed by atoms with Gasteiger partial charge < -0.3 is 8.98 Å². The molecule has 0 N–H and O–H groups in total. The summed E-state index contributed by atoms with van der Waals surface area (Å²) < 4.78 is 8.65. The Morgan fingerprint density at radius 1 is 0.815 bits per heavy atom. The van der Waals surface area contributed by atoms with Gasteiger partial charge in [-0.15, -0.1) is 0 Å². The molecular weight excluding hydrogens is 330 g/mol. The van der Waals surface area contributed by atoms with Crippen molar-refractivity contribution in [3.05, 3.63) is 60.2 Å². The number of aryl methyl sites for hydroxylation is 1. The van der Waals surface area contributed by atoms with Crippen LogP contribution in [0.4, 0.5) is 0 Å². The van der Waals surface area contributed by atoms with E-state index in [1.165, 1.54) is 70.2 Å². The highest BCUT2D eigenvalue weighted by Gasteiger charge is 2.19. The maximum absolute atomic E-state index is 6.33. The van der Waals surface area contributed by atoms with Gasteiger partial charge in [-0.05, 0) is 48.6 Å². The van der Waals surface area contributed by atoms with Crippen LogP contribution in [0.15, 0.2) is 59.0 Å². The molecule has 1 aliphatic rings. The maximum Gasteiger partial charge on any atom is 0.137 e. The van der Waals surface area contributed by atoms with Crippen molar-refractivity contribution in [2.45, 2.75) is 38.0 Å². The van der Waals surface area contributed by atoms with Gasteiger partial charge in [-0.2, -0.15) is 0 Å². The predicted octanol–water partition coefficient (Wildman–Crippen LogP) is 7.28. The van der Waals surface area contributed by atoms with Gasteiger partial charge in [0.1, 0.15) is 11.2 Å². The van der Waals surface area contributed by atoms with E-state index in [4.69, 9.17) is 4.42 Å². The Bertz CT molecular complexity index is 1310. The van der Waals surface area contributed by atoms with Crippen LogP contribution < -0.4 is 0 Å². The largest absolute Gasteiger partial charge is 0.456 e. The molecule has 0 saturated heterocycles. The first-order valence-corrected chi connectivity index (χ1v) is 10.1. The van der Waals surface area contributed by atoms with E-state index in [0.717, 1.165) is 11.2 Å². The van der Waals surface area contributed by atoms with Gasteiger partial charge in [0.05, 0.1) is 10.9 Å². The van der Waals surface area contributed by atoms with Crippen LogP contribution in [-0.2, 0) is 7.05 Å². The van der Waals surface area contributed by atoms with Crippen molar-refractivity contribution in [3.8, 4) is 0 Å². The standard InChI is InChI=1S/C25H23NO/c1-26-21-10-6-5-9-18(21)19-13-14-22-24(25(19)26)20-12-11-17(15-23(20)27-22)16-7-3-2-4-8-16/h5-6,9-16H,2-4,7-8H2,1H3. The summed E-state index contributed by atoms with van der Waals surface area (Å²) in [6.07, 6.45) is 6.75. The molecule has 0 atom stereocenters. The quantitative estimate of drug-likeness (QED) is 0.310. The Hall–Kier alpha value is -2.74. The van der Waals surface area contributed by atoms with E-state index >= 15 is 0 Å². The fraction of sp³-hybridized carbons (Fsp3) is 0.280. The number of hydrogen-bond acceptors (Lipinski definition) is 1. The Balaban J connectivity index is 1.66. The van der Waals surface area contributed by atoms with Crippen molar-refractivity contribution >= 4 is 43.7 Å². The first-order valence-electron chi connectivity index (χ1n) is 10.1. The fourth-order valence-electron chi connectivity index (χ4n) is 5.24. The molecular formula is C25H23NO. The van der Waals surface area contributed by atoms with Crippen molar-refractivity contribution in [1.29, 1.82) is 0 Å². The minimum atomic E-state index is 0.703. The molecule has 134 valence electrons. The fourth-order valence-corrected chi connectivity index (χ4v) is 5.24. The number of nitrogens with zero attached hydrogens (tertiary/aromatic N) is 1. The summed E-state index contributed by atoms with van der Waals surface area (Å²) in [7, 11) is 2.17. The normalized spacial score (nSPS) is 16.2. The smallest absolute Gasteiger partial charge is 0.137 e. The SMILES string of the molecule is Cn1c2ccccc2c2ccc3oc4cc(C5CCCCC5)ccc4c3c21. The lowest BCUT2D eigenvalue weighted by Gasteiger charge is -2.21. The molecule has 2 aromatic heterocycles. The summed E-state index contributed by atoms with van der Waals surface area (Å²) in [4.78, 5) is 0. The topological polar surface area (TPSA) is 18.1 Å². The molecule has 3 aromatic carbocycles. The number of para-hydroxylation sites is 1. The Kier molecular flexibility index (Phi) is 3.19. The average molecular weight is 353 g/mol. The van der Waals surface area contributed by atoms with Crippen molar-refractivity contribution in [2.24, 2.45) is 7.05 Å². The van der Waals surface area contributed by atoms with E-state index in [0.29, 0.717) is 5.92 Å². The third-order valence-corrected chi connectivity index (χ3v) is 6.60. The second kappa shape index (κ2) is 5.63. The highest BCUT2D eigenvalue weighted by atomic mass is 16.3. The monoisotopic (exact) mass is 353 g/mol. The molecule has 2 nitrogen and oxygen atoms in total. The molecule has 1 fully saturated rings. The van der Waals surface area contributed by atoms with Crippen LogP contribution >= 0.6 is 0 Å². The zero-order valence-corrected chi connectivity index (χ0v) is 15.7. The maximum atomic E-state index is 6.33. The highest BCUT2D eigenvalue weighted by molar-refractivity contribution is 6.23. The highest BCUT2D eigenvalue weighted by Crippen LogP contribution is 2.40. The number of fused-ring (bicyclic) bond motifs is 7. The third kappa shape index (κ3) is 2.13. The van der Waals surface area contributed by atoms with Crippen molar-refractivity contribution in [3.63, 3.8) is 0 Å². The van der Waals surface area contributed by atoms with Crippen LogP contribution in [0, 0.1) is 0 Å². The number of benzene rings is 3. The van der Waals surface area contributed by atoms with Crippen LogP contribution in [0.2, 0.25) is 0 Å². The summed E-state index contributed by atoms with van der Waals surface area (Å²) >= 11 is 0. The molecule has 6 rings (SSSR count). The van der Waals surface area contributed by atoms with Crippen LogP contribution in [0.1, 0.15) is 43.6 Å². The van der Waals surface area contributed by atoms with E-state index in [-0.39, 0.29) is 0 Å². The summed E-state index contributed by atoms with van der Waals surface area (Å²) in [5.41, 5.74) is 6.02. The molecule has 1 saturated carbocycles. The van der Waals surface area contributed by atoms with Crippen LogP contribution in [0.25, 0.3) is 43.7 Å². The van der Waals surface area contributed by atoms with Gasteiger partial charge in [0, 0.05) is 28.7 Å². The molecule has 5 aromatic rings. The minimum absolute atomic E-state index is 0.703. The Morgan fingerprint density at radius 2 is 1.63 bits per heavy atom. The van der Waals surface area contributed by atoms with Crippen LogP contribution in [-0.4, -0.2) is 4.57 Å². The average Bonchev–Trinajstić information content (AvgIpc) is 3.24. The van der Waals surface area contributed by atoms with Gasteiger partial charge in [0.25, 0.3) is 0 Å². The molecule has 0 bridgehead atoms. The molecule has 1 aliphatic carbocycles. The second-order valence-electron chi connectivity index (χ2n) is 8.10. The number of aromatic nitrogens is 1. The van der Waals surface area contributed by atoms with Crippen LogP contribution in [0.5, 0.6) is 0 Å². The molecule has 27 heavy (non-hydrogen) atoms. The first-order chi connectivity index (χ1) is 13.3. The summed E-state index contributed by atoms with van der Waals surface area (Å²) in [5, 5.41) is 5.10. The van der Waals surface area contributed by atoms with E-state index in [9.17, 15) is 0 Å². The number of furan rings is 1. The molecule has 2 heterocycles. The molecule has 2 heteroatoms. The van der Waals surface area contributed by atoms with E-state index < -0.39 is 0 Å². The zero-order chi connectivity index (χ0) is 18.0. The Labute approximate surface area is 158 Å². The molecule has 0 amide bonds. The Morgan fingerprint density at radius 3 is 2.52 bits per heavy atom.